The smallest absolute Gasteiger partial charge is 0.416 e. The van der Waals surface area contributed by atoms with E-state index in [1.807, 2.05) is 0 Å². The number of likely N-dealkylation sites (N-methyl/N-ethyl adjacent to an activating group) is 1. The van der Waals surface area contributed by atoms with E-state index in [-0.39, 0.29) is 30.3 Å². The van der Waals surface area contributed by atoms with Crippen molar-refractivity contribution in [3.63, 3.8) is 0 Å². The molecule has 2 rings (SSSR count). The fourth-order valence-corrected chi connectivity index (χ4v) is 2.42. The zero-order valence-electron chi connectivity index (χ0n) is 14.4. The lowest BCUT2D eigenvalue weighted by atomic mass is 10.1. The summed E-state index contributed by atoms with van der Waals surface area (Å²) in [5.74, 6) is -0.342. The number of rotatable bonds is 6. The second kappa shape index (κ2) is 8.91. The summed E-state index contributed by atoms with van der Waals surface area (Å²) in [6.07, 6.45) is -1.36. The van der Waals surface area contributed by atoms with Gasteiger partial charge in [-0.15, -0.1) is 12.4 Å². The molecule has 0 bridgehead atoms. The van der Waals surface area contributed by atoms with Gasteiger partial charge in [-0.1, -0.05) is 6.07 Å². The number of carbonyl (C=O) groups excluding carboxylic acids is 1. The topological polar surface area (TPSA) is 68.2 Å². The van der Waals surface area contributed by atoms with Crippen LogP contribution in [0.5, 0.6) is 5.75 Å². The average molecular weight is 393 g/mol. The van der Waals surface area contributed by atoms with E-state index < -0.39 is 23.7 Å². The van der Waals surface area contributed by atoms with Crippen LogP contribution >= 0.6 is 12.4 Å². The van der Waals surface area contributed by atoms with E-state index in [1.54, 1.807) is 20.3 Å². The van der Waals surface area contributed by atoms with E-state index >= 15 is 0 Å². The summed E-state index contributed by atoms with van der Waals surface area (Å²) in [5, 5.41) is 9.34. The van der Waals surface area contributed by atoms with Crippen LogP contribution in [0.1, 0.15) is 22.7 Å². The van der Waals surface area contributed by atoms with E-state index in [0.29, 0.717) is 5.56 Å². The molecule has 0 aliphatic carbocycles. The molecule has 0 saturated carbocycles. The zero-order chi connectivity index (χ0) is 18.6. The van der Waals surface area contributed by atoms with Crippen LogP contribution in [0.2, 0.25) is 0 Å². The van der Waals surface area contributed by atoms with E-state index in [4.69, 9.17) is 4.74 Å². The molecule has 10 heteroatoms. The Hall–Kier alpha value is -2.26. The van der Waals surface area contributed by atoms with Crippen LogP contribution in [0.4, 0.5) is 13.2 Å². The molecule has 1 unspecified atom stereocenters. The zero-order valence-corrected chi connectivity index (χ0v) is 15.2. The Morgan fingerprint density at radius 3 is 2.58 bits per heavy atom. The highest BCUT2D eigenvalue weighted by molar-refractivity contribution is 5.85. The first kappa shape index (κ1) is 21.8. The third-order valence-corrected chi connectivity index (χ3v) is 3.68. The third-order valence-electron chi connectivity index (χ3n) is 3.68. The number of hydrogen-bond acceptors (Lipinski definition) is 4. The summed E-state index contributed by atoms with van der Waals surface area (Å²) in [5.41, 5.74) is -0.259. The highest BCUT2D eigenvalue weighted by Crippen LogP contribution is 2.34. The molecule has 0 fully saturated rings. The fraction of sp³-hybridized carbons (Fsp3) is 0.375. The number of alkyl halides is 3. The molecule has 0 radical (unpaired) electrons. The Morgan fingerprint density at radius 1 is 1.38 bits per heavy atom. The van der Waals surface area contributed by atoms with Gasteiger partial charge in [-0.05, 0) is 24.7 Å². The molecule has 0 spiro atoms. The van der Waals surface area contributed by atoms with Crippen LogP contribution in [0.25, 0.3) is 0 Å². The normalized spacial score (nSPS) is 12.2. The Kier molecular flexibility index (Phi) is 7.46. The van der Waals surface area contributed by atoms with E-state index in [9.17, 15) is 18.0 Å². The molecule has 1 amide bonds. The first-order valence-corrected chi connectivity index (χ1v) is 7.44. The number of nitrogens with one attached hydrogen (secondary N) is 2. The van der Waals surface area contributed by atoms with Crippen LogP contribution < -0.4 is 15.4 Å². The molecule has 0 aliphatic heterocycles. The molecule has 1 heterocycles. The molecular weight excluding hydrogens is 373 g/mol. The van der Waals surface area contributed by atoms with E-state index in [1.165, 1.54) is 30.1 Å². The average Bonchev–Trinajstić information content (AvgIpc) is 2.98. The number of benzene rings is 1. The second-order valence-corrected chi connectivity index (χ2v) is 5.41. The Balaban J connectivity index is 0.00000338. The molecule has 1 aromatic carbocycles. The third kappa shape index (κ3) is 5.12. The van der Waals surface area contributed by atoms with Gasteiger partial charge in [0.2, 0.25) is 5.91 Å². The van der Waals surface area contributed by atoms with Gasteiger partial charge in [0.1, 0.15) is 11.8 Å². The minimum Gasteiger partial charge on any atom is -0.497 e. The lowest BCUT2D eigenvalue weighted by Crippen LogP contribution is -2.35. The van der Waals surface area contributed by atoms with Gasteiger partial charge in [0.25, 0.3) is 0 Å². The van der Waals surface area contributed by atoms with Crippen molar-refractivity contribution in [3.8, 4) is 5.75 Å². The minimum absolute atomic E-state index is 0. The molecule has 0 saturated heterocycles. The minimum atomic E-state index is -4.54. The molecule has 2 aromatic rings. The Bertz CT molecular complexity index is 749. The van der Waals surface area contributed by atoms with Crippen molar-refractivity contribution in [1.29, 1.82) is 0 Å². The van der Waals surface area contributed by atoms with Gasteiger partial charge < -0.3 is 15.4 Å². The maximum absolute atomic E-state index is 13.2. The van der Waals surface area contributed by atoms with Gasteiger partial charge in [0, 0.05) is 25.4 Å². The SMILES string of the molecule is CNC(C(=O)NCc1ccc(OC)cc1C(F)(F)F)c1cnn(C)c1.Cl. The maximum Gasteiger partial charge on any atom is 0.416 e. The number of amides is 1. The predicted molar refractivity (Wildman–Crippen MR) is 92.1 cm³/mol. The number of methoxy groups -OCH3 is 1. The standard InChI is InChI=1S/C16H19F3N4O2.ClH/c1-20-14(11-8-22-23(2)9-11)15(24)21-7-10-4-5-12(25-3)6-13(10)16(17,18)19;/h4-6,8-9,14,20H,7H2,1-3H3,(H,21,24);1H. The van der Waals surface area contributed by atoms with Crippen LogP contribution in [0, 0.1) is 0 Å². The molecule has 0 aliphatic rings. The van der Waals surface area contributed by atoms with Crippen LogP contribution in [-0.4, -0.2) is 29.8 Å². The molecular formula is C16H20ClF3N4O2. The molecule has 1 aromatic heterocycles. The number of aryl methyl sites for hydroxylation is 1. The van der Waals surface area contributed by atoms with Crippen LogP contribution in [0.3, 0.4) is 0 Å². The lowest BCUT2D eigenvalue weighted by Gasteiger charge is -2.17. The largest absolute Gasteiger partial charge is 0.497 e. The highest BCUT2D eigenvalue weighted by atomic mass is 35.5. The van der Waals surface area contributed by atoms with E-state index in [2.05, 4.69) is 15.7 Å². The molecule has 2 N–H and O–H groups in total. The summed E-state index contributed by atoms with van der Waals surface area (Å²) in [6.45, 7) is -0.254. The van der Waals surface area contributed by atoms with Crippen LogP contribution in [0.15, 0.2) is 30.6 Å². The number of halogens is 4. The molecule has 6 nitrogen and oxygen atoms in total. The summed E-state index contributed by atoms with van der Waals surface area (Å²) in [4.78, 5) is 12.3. The van der Waals surface area contributed by atoms with Crippen molar-refractivity contribution in [2.45, 2.75) is 18.8 Å². The fourth-order valence-electron chi connectivity index (χ4n) is 2.42. The van der Waals surface area contributed by atoms with Crippen molar-refractivity contribution < 1.29 is 22.7 Å². The summed E-state index contributed by atoms with van der Waals surface area (Å²) >= 11 is 0. The summed E-state index contributed by atoms with van der Waals surface area (Å²) < 4.78 is 45.9. The van der Waals surface area contributed by atoms with Crippen molar-refractivity contribution in [3.05, 3.63) is 47.3 Å². The monoisotopic (exact) mass is 392 g/mol. The molecule has 1 atom stereocenters. The number of hydrogen-bond donors (Lipinski definition) is 2. The number of nitrogens with zero attached hydrogens (tertiary/aromatic N) is 2. The van der Waals surface area contributed by atoms with Crippen molar-refractivity contribution in [2.75, 3.05) is 14.2 Å². The summed E-state index contributed by atoms with van der Waals surface area (Å²) in [6, 6.07) is 2.92. The van der Waals surface area contributed by atoms with Gasteiger partial charge in [0.05, 0.1) is 18.9 Å². The van der Waals surface area contributed by atoms with Gasteiger partial charge in [-0.25, -0.2) is 0 Å². The van der Waals surface area contributed by atoms with Gasteiger partial charge in [-0.3, -0.25) is 9.48 Å². The molecule has 144 valence electrons. The van der Waals surface area contributed by atoms with E-state index in [0.717, 1.165) is 6.07 Å². The highest BCUT2D eigenvalue weighted by Gasteiger charge is 2.34. The number of carbonyl (C=O) groups is 1. The van der Waals surface area contributed by atoms with Gasteiger partial charge in [-0.2, -0.15) is 18.3 Å². The maximum atomic E-state index is 13.2. The van der Waals surface area contributed by atoms with Crippen molar-refractivity contribution >= 4 is 18.3 Å². The Morgan fingerprint density at radius 2 is 2.08 bits per heavy atom. The molecule has 26 heavy (non-hydrogen) atoms. The first-order chi connectivity index (χ1) is 11.8. The van der Waals surface area contributed by atoms with Crippen molar-refractivity contribution in [2.24, 2.45) is 7.05 Å². The predicted octanol–water partition coefficient (Wildman–Crippen LogP) is 2.45. The first-order valence-electron chi connectivity index (χ1n) is 7.44. The quantitative estimate of drug-likeness (QED) is 0.792. The lowest BCUT2D eigenvalue weighted by molar-refractivity contribution is -0.138. The number of ether oxygens (including phenoxy) is 1. The summed E-state index contributed by atoms with van der Waals surface area (Å²) in [7, 11) is 4.59. The second-order valence-electron chi connectivity index (χ2n) is 5.41. The van der Waals surface area contributed by atoms with Crippen LogP contribution in [-0.2, 0) is 24.6 Å². The van der Waals surface area contributed by atoms with Crippen molar-refractivity contribution in [1.82, 2.24) is 20.4 Å². The van der Waals surface area contributed by atoms with Gasteiger partial charge in [0.15, 0.2) is 0 Å². The number of aromatic nitrogens is 2. The Labute approximate surface area is 155 Å². The van der Waals surface area contributed by atoms with Gasteiger partial charge >= 0.3 is 6.18 Å².